The van der Waals surface area contributed by atoms with E-state index in [0.29, 0.717) is 23.7 Å². The van der Waals surface area contributed by atoms with Crippen molar-refractivity contribution in [1.82, 2.24) is 0 Å². The summed E-state index contributed by atoms with van der Waals surface area (Å²) in [5.41, 5.74) is 2.19. The minimum Gasteiger partial charge on any atom is -0.507 e. The second-order valence-corrected chi connectivity index (χ2v) is 9.24. The van der Waals surface area contributed by atoms with E-state index in [2.05, 4.69) is 26.8 Å². The molecule has 1 N–H and O–H groups in total. The van der Waals surface area contributed by atoms with Crippen molar-refractivity contribution in [2.75, 3.05) is 0 Å². The van der Waals surface area contributed by atoms with E-state index in [9.17, 15) is 14.7 Å². The molecule has 2 aromatic rings. The molecule has 1 aromatic carbocycles. The summed E-state index contributed by atoms with van der Waals surface area (Å²) in [6, 6.07) is 11.5. The molecule has 0 bridgehead atoms. The first-order chi connectivity index (χ1) is 15.2. The molecule has 3 atom stereocenters. The van der Waals surface area contributed by atoms with Crippen molar-refractivity contribution in [1.29, 1.82) is 0 Å². The van der Waals surface area contributed by atoms with Gasteiger partial charge in [0.25, 0.3) is 0 Å². The molecule has 0 amide bonds. The zero-order valence-corrected chi connectivity index (χ0v) is 19.5. The number of rotatable bonds is 8. The number of benzene rings is 1. The number of hydrogen-bond acceptors (Lipinski definition) is 5. The van der Waals surface area contributed by atoms with Crippen molar-refractivity contribution >= 4 is 5.97 Å². The molecule has 1 aliphatic carbocycles. The molecule has 1 aromatic heterocycles. The second-order valence-electron chi connectivity index (χ2n) is 9.24. The van der Waals surface area contributed by atoms with Gasteiger partial charge < -0.3 is 14.3 Å². The Morgan fingerprint density at radius 1 is 1.25 bits per heavy atom. The lowest BCUT2D eigenvalue weighted by atomic mass is 9.72. The Hall–Kier alpha value is -2.82. The van der Waals surface area contributed by atoms with Crippen molar-refractivity contribution in [3.63, 3.8) is 0 Å². The van der Waals surface area contributed by atoms with Crippen molar-refractivity contribution in [3.8, 4) is 5.75 Å². The Morgan fingerprint density at radius 3 is 2.59 bits per heavy atom. The Labute approximate surface area is 190 Å². The van der Waals surface area contributed by atoms with Crippen LogP contribution >= 0.6 is 0 Å². The lowest BCUT2D eigenvalue weighted by Crippen LogP contribution is -2.26. The van der Waals surface area contributed by atoms with Crippen LogP contribution in [0.3, 0.4) is 0 Å². The molecule has 0 aliphatic heterocycles. The molecule has 1 aliphatic rings. The van der Waals surface area contributed by atoms with E-state index in [1.54, 1.807) is 0 Å². The van der Waals surface area contributed by atoms with Crippen LogP contribution < -0.4 is 5.63 Å². The van der Waals surface area contributed by atoms with Crippen LogP contribution in [0.2, 0.25) is 0 Å². The van der Waals surface area contributed by atoms with Gasteiger partial charge in [0.05, 0.1) is 5.56 Å². The van der Waals surface area contributed by atoms with E-state index in [-0.39, 0.29) is 30.0 Å². The van der Waals surface area contributed by atoms with Gasteiger partial charge in [-0.15, -0.1) is 0 Å². The zero-order chi connectivity index (χ0) is 23.3. The number of ether oxygens (including phenoxy) is 1. The molecule has 0 radical (unpaired) electrons. The van der Waals surface area contributed by atoms with Gasteiger partial charge in [0.1, 0.15) is 17.6 Å². The van der Waals surface area contributed by atoms with E-state index >= 15 is 0 Å². The van der Waals surface area contributed by atoms with Crippen LogP contribution in [-0.4, -0.2) is 17.2 Å². The third kappa shape index (κ3) is 6.12. The van der Waals surface area contributed by atoms with Gasteiger partial charge in [-0.25, -0.2) is 4.79 Å². The highest BCUT2D eigenvalue weighted by atomic mass is 16.5. The molecule has 0 saturated carbocycles. The van der Waals surface area contributed by atoms with Gasteiger partial charge in [0, 0.05) is 25.3 Å². The molecule has 1 heterocycles. The summed E-state index contributed by atoms with van der Waals surface area (Å²) in [6.07, 6.45) is 5.21. The van der Waals surface area contributed by atoms with E-state index in [4.69, 9.17) is 9.15 Å². The number of esters is 1. The normalized spacial score (nSPS) is 19.5. The largest absolute Gasteiger partial charge is 0.507 e. The van der Waals surface area contributed by atoms with Gasteiger partial charge >= 0.3 is 11.6 Å². The smallest absolute Gasteiger partial charge is 0.343 e. The zero-order valence-electron chi connectivity index (χ0n) is 19.5. The molecular weight excluding hydrogens is 404 g/mol. The topological polar surface area (TPSA) is 76.7 Å². The molecule has 1 unspecified atom stereocenters. The van der Waals surface area contributed by atoms with E-state index < -0.39 is 11.7 Å². The first-order valence-electron chi connectivity index (χ1n) is 11.5. The number of hydrogen-bond donors (Lipinski definition) is 1. The summed E-state index contributed by atoms with van der Waals surface area (Å²) in [7, 11) is 0. The minimum absolute atomic E-state index is 0.0394. The van der Waals surface area contributed by atoms with E-state index in [0.717, 1.165) is 24.8 Å². The number of carbonyl (C=O) groups is 1. The number of carbonyl (C=O) groups excluding carboxylic acids is 1. The lowest BCUT2D eigenvalue weighted by Gasteiger charge is -2.32. The average Bonchev–Trinajstić information content (AvgIpc) is 2.72. The third-order valence-electron chi connectivity index (χ3n) is 6.36. The quantitative estimate of drug-likeness (QED) is 0.432. The Bertz CT molecular complexity index is 1000. The Balaban J connectivity index is 1.82. The predicted octanol–water partition coefficient (Wildman–Crippen LogP) is 5.55. The highest BCUT2D eigenvalue weighted by Gasteiger charge is 2.32. The van der Waals surface area contributed by atoms with Gasteiger partial charge in [-0.1, -0.05) is 55.8 Å². The maximum absolute atomic E-state index is 13.0. The van der Waals surface area contributed by atoms with Gasteiger partial charge in [0.15, 0.2) is 0 Å². The molecule has 172 valence electrons. The fraction of sp³-hybridized carbons (Fsp3) is 0.481. The number of allylic oxidation sites excluding steroid dienone is 2. The summed E-state index contributed by atoms with van der Waals surface area (Å²) in [4.78, 5) is 24.6. The van der Waals surface area contributed by atoms with Crippen LogP contribution in [0.15, 0.2) is 57.3 Å². The highest BCUT2D eigenvalue weighted by Crippen LogP contribution is 2.41. The third-order valence-corrected chi connectivity index (χ3v) is 6.36. The first kappa shape index (κ1) is 23.8. The Kier molecular flexibility index (Phi) is 7.94. The van der Waals surface area contributed by atoms with Crippen LogP contribution in [0.5, 0.6) is 5.75 Å². The maximum Gasteiger partial charge on any atom is 0.343 e. The van der Waals surface area contributed by atoms with Gasteiger partial charge in [-0.05, 0) is 50.0 Å². The molecule has 5 nitrogen and oxygen atoms in total. The van der Waals surface area contributed by atoms with Crippen LogP contribution in [0.1, 0.15) is 69.8 Å². The highest BCUT2D eigenvalue weighted by molar-refractivity contribution is 5.66. The predicted molar refractivity (Wildman–Crippen MR) is 125 cm³/mol. The van der Waals surface area contributed by atoms with Crippen LogP contribution in [0.25, 0.3) is 0 Å². The molecule has 32 heavy (non-hydrogen) atoms. The van der Waals surface area contributed by atoms with Crippen molar-refractivity contribution in [2.45, 2.75) is 71.8 Å². The van der Waals surface area contributed by atoms with Gasteiger partial charge in [0.2, 0.25) is 0 Å². The minimum atomic E-state index is -0.508. The maximum atomic E-state index is 13.0. The monoisotopic (exact) mass is 438 g/mol. The number of aromatic hydroxyl groups is 1. The fourth-order valence-corrected chi connectivity index (χ4v) is 4.71. The molecule has 0 saturated heterocycles. The van der Waals surface area contributed by atoms with Crippen molar-refractivity contribution in [3.05, 3.63) is 75.4 Å². The number of aryl methyl sites for hydroxylation is 1. The van der Waals surface area contributed by atoms with E-state index in [1.165, 1.54) is 18.6 Å². The standard InChI is InChI=1S/C27H34O5/c1-17(2)23-13-10-18(3)14-24(23)26-25(29)16-22(32-27(26)30)15-21(31-19(4)28)12-11-20-8-6-5-7-9-20/h5-9,14,16-17,21,23-24,29H,10-13,15H2,1-4H3/t21?,23-,24+/m0/s1. The van der Waals surface area contributed by atoms with Crippen LogP contribution in [0.4, 0.5) is 0 Å². The summed E-state index contributed by atoms with van der Waals surface area (Å²) < 4.78 is 11.1. The van der Waals surface area contributed by atoms with Gasteiger partial charge in [-0.2, -0.15) is 0 Å². The second kappa shape index (κ2) is 10.7. The first-order valence-corrected chi connectivity index (χ1v) is 11.5. The van der Waals surface area contributed by atoms with E-state index in [1.807, 2.05) is 30.3 Å². The molecular formula is C27H34O5. The van der Waals surface area contributed by atoms with Crippen molar-refractivity contribution < 1.29 is 19.1 Å². The molecule has 5 heteroatoms. The van der Waals surface area contributed by atoms with Crippen molar-refractivity contribution in [2.24, 2.45) is 11.8 Å². The average molecular weight is 439 g/mol. The Morgan fingerprint density at radius 2 is 1.97 bits per heavy atom. The molecule has 0 fully saturated rings. The summed E-state index contributed by atoms with van der Waals surface area (Å²) >= 11 is 0. The lowest BCUT2D eigenvalue weighted by molar-refractivity contribution is -0.146. The van der Waals surface area contributed by atoms with Gasteiger partial charge in [-0.3, -0.25) is 4.79 Å². The summed E-state index contributed by atoms with van der Waals surface area (Å²) in [5, 5.41) is 10.8. The molecule has 0 spiro atoms. The summed E-state index contributed by atoms with van der Waals surface area (Å²) in [5.74, 6) is 0.410. The summed E-state index contributed by atoms with van der Waals surface area (Å²) in [6.45, 7) is 7.73. The molecule has 3 rings (SSSR count). The SMILES string of the molecule is CC(=O)OC(CCc1ccccc1)Cc1cc(O)c([C@@H]2C=C(C)CC[C@H]2C(C)C)c(=O)o1. The van der Waals surface area contributed by atoms with Crippen LogP contribution in [0, 0.1) is 11.8 Å². The fourth-order valence-electron chi connectivity index (χ4n) is 4.71. The van der Waals surface area contributed by atoms with Crippen LogP contribution in [-0.2, 0) is 22.4 Å².